The fourth-order valence-electron chi connectivity index (χ4n) is 4.15. The zero-order valence-corrected chi connectivity index (χ0v) is 21.8. The van der Waals surface area contributed by atoms with Crippen LogP contribution in [0.5, 0.6) is 17.2 Å². The van der Waals surface area contributed by atoms with Gasteiger partial charge in [-0.05, 0) is 19.1 Å². The molecule has 0 aliphatic carbocycles. The van der Waals surface area contributed by atoms with Crippen molar-refractivity contribution in [2.24, 2.45) is 0 Å². The number of hydrogen-bond donors (Lipinski definition) is 1. The molecule has 37 heavy (non-hydrogen) atoms. The van der Waals surface area contributed by atoms with Crippen LogP contribution in [0.1, 0.15) is 36.4 Å². The Kier molecular flexibility index (Phi) is 9.00. The number of ether oxygens (including phenoxy) is 5. The molecule has 13 nitrogen and oxygen atoms in total. The van der Waals surface area contributed by atoms with E-state index in [1.54, 1.807) is 33.3 Å². The molecule has 4 atom stereocenters. The first-order valence-electron chi connectivity index (χ1n) is 11.5. The van der Waals surface area contributed by atoms with Crippen LogP contribution in [0.15, 0.2) is 30.6 Å². The molecule has 0 amide bonds. The molecule has 2 aromatic heterocycles. The number of benzene rings is 1. The third-order valence-electron chi connectivity index (χ3n) is 5.99. The average Bonchev–Trinajstić information content (AvgIpc) is 3.34. The van der Waals surface area contributed by atoms with Crippen molar-refractivity contribution in [3.05, 3.63) is 48.1 Å². The highest BCUT2D eigenvalue weighted by Crippen LogP contribution is 2.37. The van der Waals surface area contributed by atoms with Crippen LogP contribution in [0.4, 0.5) is 0 Å². The molecule has 0 radical (unpaired) electrons. The highest BCUT2D eigenvalue weighted by Gasteiger charge is 2.32. The summed E-state index contributed by atoms with van der Waals surface area (Å²) >= 11 is -2.50. The van der Waals surface area contributed by atoms with Gasteiger partial charge < -0.3 is 28.2 Å². The molecule has 4 rings (SSSR count). The normalized spacial score (nSPS) is 18.1. The fraction of sp³-hybridized carbons (Fsp3) is 0.478. The van der Waals surface area contributed by atoms with E-state index in [1.807, 2.05) is 10.6 Å². The van der Waals surface area contributed by atoms with Gasteiger partial charge in [0, 0.05) is 29.6 Å². The topological polar surface area (TPSA) is 155 Å². The Morgan fingerprint density at radius 2 is 1.84 bits per heavy atom. The second-order valence-corrected chi connectivity index (χ2v) is 8.89. The largest absolute Gasteiger partial charge is 0.760 e. The maximum absolute atomic E-state index is 11.5. The van der Waals surface area contributed by atoms with Crippen LogP contribution in [-0.4, -0.2) is 80.7 Å². The van der Waals surface area contributed by atoms with E-state index in [4.69, 9.17) is 23.7 Å². The summed E-state index contributed by atoms with van der Waals surface area (Å²) in [5, 5.41) is 8.94. The minimum atomic E-state index is -2.50. The lowest BCUT2D eigenvalue weighted by molar-refractivity contribution is -0.0942. The highest BCUT2D eigenvalue weighted by atomic mass is 32.2. The van der Waals surface area contributed by atoms with Gasteiger partial charge in [-0.3, -0.25) is 8.78 Å². The Balaban J connectivity index is 1.84. The van der Waals surface area contributed by atoms with Gasteiger partial charge in [-0.2, -0.15) is 0 Å². The number of hydrogen-bond acceptors (Lipinski definition) is 11. The summed E-state index contributed by atoms with van der Waals surface area (Å²) in [6, 6.07) is 4.85. The highest BCUT2D eigenvalue weighted by molar-refractivity contribution is 7.77. The molecule has 1 aliphatic rings. The van der Waals surface area contributed by atoms with Crippen molar-refractivity contribution in [1.29, 1.82) is 0 Å². The minimum Gasteiger partial charge on any atom is -0.760 e. The van der Waals surface area contributed by atoms with Gasteiger partial charge in [0.05, 0.1) is 53.5 Å². The first-order valence-corrected chi connectivity index (χ1v) is 12.6. The molecule has 1 N–H and O–H groups in total. The molecular formula is C23H29N6O7S-. The van der Waals surface area contributed by atoms with Gasteiger partial charge in [0.25, 0.3) is 0 Å². The molecule has 1 saturated heterocycles. The van der Waals surface area contributed by atoms with Gasteiger partial charge in [0.1, 0.15) is 34.9 Å². The molecule has 200 valence electrons. The van der Waals surface area contributed by atoms with Crippen molar-refractivity contribution < 1.29 is 32.4 Å². The number of nitrogens with zero attached hydrogens (tertiary/aromatic N) is 5. The number of nitrogens with one attached hydrogen (secondary N) is 1. The van der Waals surface area contributed by atoms with E-state index in [9.17, 15) is 8.76 Å². The Hall–Kier alpha value is -3.17. The van der Waals surface area contributed by atoms with Crippen LogP contribution < -0.4 is 18.9 Å². The number of rotatable bonds is 11. The maximum atomic E-state index is 11.5. The average molecular weight is 534 g/mol. The Labute approximate surface area is 216 Å². The van der Waals surface area contributed by atoms with Crippen LogP contribution >= 0.6 is 0 Å². The molecule has 3 aromatic rings. The summed E-state index contributed by atoms with van der Waals surface area (Å²) in [6.07, 6.45) is 2.80. The number of methoxy groups -OCH3 is 3. The van der Waals surface area contributed by atoms with E-state index in [-0.39, 0.29) is 6.42 Å². The van der Waals surface area contributed by atoms with Crippen molar-refractivity contribution in [2.45, 2.75) is 31.4 Å². The van der Waals surface area contributed by atoms with E-state index in [0.717, 1.165) is 0 Å². The Bertz CT molecular complexity index is 1180. The van der Waals surface area contributed by atoms with E-state index in [1.165, 1.54) is 19.5 Å². The lowest BCUT2D eigenvalue weighted by atomic mass is 9.96. The smallest absolute Gasteiger partial charge is 0.169 e. The van der Waals surface area contributed by atoms with E-state index >= 15 is 0 Å². The van der Waals surface area contributed by atoms with Crippen LogP contribution in [0.2, 0.25) is 0 Å². The van der Waals surface area contributed by atoms with Crippen LogP contribution in [0, 0.1) is 0 Å². The fourth-order valence-corrected chi connectivity index (χ4v) is 4.62. The third kappa shape index (κ3) is 6.05. The lowest BCUT2D eigenvalue weighted by Gasteiger charge is -2.26. The summed E-state index contributed by atoms with van der Waals surface area (Å²) in [4.78, 5) is 8.82. The summed E-state index contributed by atoms with van der Waals surface area (Å²) in [5.41, 5.74) is 0.582. The van der Waals surface area contributed by atoms with Crippen LogP contribution in [0.3, 0.4) is 0 Å². The molecule has 0 bridgehead atoms. The first kappa shape index (κ1) is 26.9. The van der Waals surface area contributed by atoms with Crippen molar-refractivity contribution in [1.82, 2.24) is 29.5 Å². The van der Waals surface area contributed by atoms with Gasteiger partial charge in [-0.1, -0.05) is 6.07 Å². The molecule has 1 fully saturated rings. The molecule has 0 saturated carbocycles. The van der Waals surface area contributed by atoms with Crippen molar-refractivity contribution in [3.8, 4) is 22.9 Å². The molecule has 3 heterocycles. The maximum Gasteiger partial charge on any atom is 0.169 e. The SMILES string of the molecule is COc1cnc([C@H](Cc2nnc([C@@H]3COCCO3)n2-c2c(OC)cccc2OC)[C@@H](C)NS(=O)[O-])nc1. The van der Waals surface area contributed by atoms with Gasteiger partial charge in [-0.15, -0.1) is 10.2 Å². The van der Waals surface area contributed by atoms with Gasteiger partial charge in [0.2, 0.25) is 0 Å². The van der Waals surface area contributed by atoms with Crippen LogP contribution in [0.25, 0.3) is 5.69 Å². The van der Waals surface area contributed by atoms with Crippen molar-refractivity contribution in [2.75, 3.05) is 41.2 Å². The Morgan fingerprint density at radius 3 is 2.41 bits per heavy atom. The molecule has 1 aliphatic heterocycles. The van der Waals surface area contributed by atoms with Gasteiger partial charge in [0.15, 0.2) is 11.6 Å². The predicted octanol–water partition coefficient (Wildman–Crippen LogP) is 1.27. The van der Waals surface area contributed by atoms with Gasteiger partial charge in [-0.25, -0.2) is 14.7 Å². The first-order chi connectivity index (χ1) is 18.0. The quantitative estimate of drug-likeness (QED) is 0.354. The van der Waals surface area contributed by atoms with Crippen molar-refractivity contribution >= 4 is 11.3 Å². The monoisotopic (exact) mass is 533 g/mol. The standard InChI is InChI=1S/C23H30N6O7S/c1-14(28-37(30)31)16(22-24-11-15(32-2)12-25-22)10-20-26-27-23(19-13-35-8-9-36-19)29(20)21-17(33-3)6-5-7-18(21)34-4/h5-7,11-12,14,16,19,28H,8-10,13H2,1-4H3,(H,30,31)/p-1/t14-,16-,19+/m1/s1. The van der Waals surface area contributed by atoms with E-state index < -0.39 is 29.3 Å². The van der Waals surface area contributed by atoms with Crippen molar-refractivity contribution in [3.63, 3.8) is 0 Å². The molecular weight excluding hydrogens is 504 g/mol. The Morgan fingerprint density at radius 1 is 1.14 bits per heavy atom. The van der Waals surface area contributed by atoms with E-state index in [2.05, 4.69) is 24.9 Å². The van der Waals surface area contributed by atoms with Crippen LogP contribution in [-0.2, 0) is 27.2 Å². The summed E-state index contributed by atoms with van der Waals surface area (Å²) in [6.45, 7) is 2.93. The van der Waals surface area contributed by atoms with Gasteiger partial charge >= 0.3 is 0 Å². The zero-order valence-electron chi connectivity index (χ0n) is 20.9. The third-order valence-corrected chi connectivity index (χ3v) is 6.55. The van der Waals surface area contributed by atoms with E-state index in [0.29, 0.717) is 60.2 Å². The molecule has 1 aromatic carbocycles. The molecule has 1 unspecified atom stereocenters. The summed E-state index contributed by atoms with van der Waals surface area (Å²) in [5.74, 6) is 2.44. The minimum absolute atomic E-state index is 0.222. The number of aromatic nitrogens is 5. The predicted molar refractivity (Wildman–Crippen MR) is 131 cm³/mol. The lowest BCUT2D eigenvalue weighted by Crippen LogP contribution is -2.36. The molecule has 0 spiro atoms. The molecule has 14 heteroatoms. The summed E-state index contributed by atoms with van der Waals surface area (Å²) in [7, 11) is 4.64. The second-order valence-electron chi connectivity index (χ2n) is 8.19. The zero-order chi connectivity index (χ0) is 26.4. The summed E-state index contributed by atoms with van der Waals surface area (Å²) < 4.78 is 55.4. The second kappa shape index (κ2) is 12.4. The number of para-hydroxylation sites is 1.